The molecule has 6 heavy (non-hydrogen) atoms. The fourth-order valence-electron chi connectivity index (χ4n) is 0.0315. The number of hydrogen-bond acceptors (Lipinski definition) is 2. The molecule has 0 heterocycles. The third-order valence-corrected chi connectivity index (χ3v) is 0.273. The standard InChI is InChI=1S/C2H2Cl2O2/c3-2(4)6-1-5/h1-2H/i1D,2D. The van der Waals surface area contributed by atoms with Crippen molar-refractivity contribution in [1.82, 2.24) is 0 Å². The Kier molecular flexibility index (Phi) is 1.68. The minimum Gasteiger partial charge on any atom is -0.434 e. The molecule has 0 radical (unpaired) electrons. The molecule has 0 N–H and O–H groups in total. The van der Waals surface area contributed by atoms with Gasteiger partial charge in [0.25, 0.3) is 11.4 Å². The normalized spacial score (nSPS) is 15.0. The second-order valence-electron chi connectivity index (χ2n) is 0.411. The van der Waals surface area contributed by atoms with Crippen molar-refractivity contribution in [3.05, 3.63) is 0 Å². The van der Waals surface area contributed by atoms with Crippen LogP contribution in [-0.4, -0.2) is 11.4 Å². The molecule has 0 aromatic rings. The molecule has 4 heteroatoms. The lowest BCUT2D eigenvalue weighted by molar-refractivity contribution is -0.128. The van der Waals surface area contributed by atoms with E-state index >= 15 is 0 Å². The van der Waals surface area contributed by atoms with Crippen molar-refractivity contribution in [3.63, 3.8) is 0 Å². The summed E-state index contributed by atoms with van der Waals surface area (Å²) in [5, 5.41) is 0. The van der Waals surface area contributed by atoms with Gasteiger partial charge >= 0.3 is 0 Å². The topological polar surface area (TPSA) is 26.3 Å². The molecule has 0 aliphatic rings. The van der Waals surface area contributed by atoms with Gasteiger partial charge in [0.1, 0.15) is 1.37 Å². The number of ether oxygens (including phenoxy) is 1. The monoisotopic (exact) mass is 130 g/mol. The van der Waals surface area contributed by atoms with Crippen molar-refractivity contribution in [2.45, 2.75) is 5.00 Å². The van der Waals surface area contributed by atoms with Gasteiger partial charge in [-0.3, -0.25) is 4.79 Å². The Labute approximate surface area is 47.8 Å². The Hall–Kier alpha value is 0.0500. The number of hydrogen-bond donors (Lipinski definition) is 0. The first-order valence-electron chi connectivity index (χ1n) is 1.99. The van der Waals surface area contributed by atoms with Crippen molar-refractivity contribution < 1.29 is 12.3 Å². The van der Waals surface area contributed by atoms with E-state index in [-0.39, 0.29) is 0 Å². The Morgan fingerprint density at radius 1 is 2.17 bits per heavy atom. The fourth-order valence-corrected chi connectivity index (χ4v) is 0.0945. The Morgan fingerprint density at radius 3 is 2.67 bits per heavy atom. The minimum absolute atomic E-state index is 1.43. The van der Waals surface area contributed by atoms with Crippen LogP contribution in [0.15, 0.2) is 0 Å². The highest BCUT2D eigenvalue weighted by Crippen LogP contribution is 1.98. The van der Waals surface area contributed by atoms with E-state index < -0.39 is 11.4 Å². The first-order valence-corrected chi connectivity index (χ1v) is 1.75. The summed E-state index contributed by atoms with van der Waals surface area (Å²) in [6, 6.07) is 0. The van der Waals surface area contributed by atoms with Gasteiger partial charge in [-0.25, -0.2) is 0 Å². The van der Waals surface area contributed by atoms with E-state index in [1.54, 1.807) is 0 Å². The maximum Gasteiger partial charge on any atom is 0.295 e. The highest BCUT2D eigenvalue weighted by molar-refractivity contribution is 6.43. The molecule has 0 rings (SSSR count). The third kappa shape index (κ3) is 4.05. The zero-order valence-electron chi connectivity index (χ0n) is 4.57. The summed E-state index contributed by atoms with van der Waals surface area (Å²) in [6.45, 7) is 0. The average molecular weight is 131 g/mol. The van der Waals surface area contributed by atoms with Crippen molar-refractivity contribution in [1.29, 1.82) is 0 Å². The maximum atomic E-state index is 9.61. The van der Waals surface area contributed by atoms with Crippen LogP contribution >= 0.6 is 23.2 Å². The minimum atomic E-state index is -2.32. The van der Waals surface area contributed by atoms with Gasteiger partial charge in [0.15, 0.2) is 1.37 Å². The van der Waals surface area contributed by atoms with Crippen molar-refractivity contribution >= 4 is 29.7 Å². The van der Waals surface area contributed by atoms with Crippen molar-refractivity contribution in [2.24, 2.45) is 0 Å². The van der Waals surface area contributed by atoms with Crippen LogP contribution in [0.5, 0.6) is 0 Å². The second-order valence-corrected chi connectivity index (χ2v) is 1.29. The van der Waals surface area contributed by atoms with Gasteiger partial charge in [-0.1, -0.05) is 23.2 Å². The van der Waals surface area contributed by atoms with E-state index in [1.807, 2.05) is 0 Å². The summed E-state index contributed by atoms with van der Waals surface area (Å²) in [5.74, 6) is 0. The summed E-state index contributed by atoms with van der Waals surface area (Å²) >= 11 is 9.59. The highest BCUT2D eigenvalue weighted by atomic mass is 35.5. The average Bonchev–Trinajstić information content (AvgIpc) is 1.21. The molecule has 0 aliphatic carbocycles. The van der Waals surface area contributed by atoms with Gasteiger partial charge in [-0.2, -0.15) is 0 Å². The van der Waals surface area contributed by atoms with Crippen LogP contribution in [0.4, 0.5) is 0 Å². The van der Waals surface area contributed by atoms with Gasteiger partial charge in [0, 0.05) is 0 Å². The molecule has 0 saturated heterocycles. The van der Waals surface area contributed by atoms with Crippen LogP contribution in [0.2, 0.25) is 0 Å². The van der Waals surface area contributed by atoms with E-state index in [4.69, 9.17) is 25.9 Å². The predicted octanol–water partition coefficient (Wildman–Crippen LogP) is 0.921. The number of rotatable bonds is 1. The number of alkyl halides is 2. The fraction of sp³-hybridized carbons (Fsp3) is 0.500. The van der Waals surface area contributed by atoms with E-state index in [0.29, 0.717) is 0 Å². The highest BCUT2D eigenvalue weighted by Gasteiger charge is 1.90. The van der Waals surface area contributed by atoms with Gasteiger partial charge in [0.05, 0.1) is 0 Å². The molecular weight excluding hydrogens is 127 g/mol. The Morgan fingerprint density at radius 2 is 2.67 bits per heavy atom. The molecule has 0 amide bonds. The van der Waals surface area contributed by atoms with E-state index in [9.17, 15) is 4.79 Å². The molecule has 0 aliphatic heterocycles. The third-order valence-electron chi connectivity index (χ3n) is 0.119. The molecule has 2 nitrogen and oxygen atoms in total. The summed E-state index contributed by atoms with van der Waals surface area (Å²) in [6.07, 6.45) is -1.43. The molecule has 36 valence electrons. The smallest absolute Gasteiger partial charge is 0.295 e. The molecule has 0 bridgehead atoms. The maximum absolute atomic E-state index is 9.61. The van der Waals surface area contributed by atoms with Crippen LogP contribution in [0, 0.1) is 0 Å². The summed E-state index contributed by atoms with van der Waals surface area (Å²) in [7, 11) is 0. The SMILES string of the molecule is [2H]C(=O)OC([2H])(Cl)Cl. The van der Waals surface area contributed by atoms with Gasteiger partial charge in [-0.05, 0) is 0 Å². The molecular formula is C2H2Cl2O2. The molecule has 0 atom stereocenters. The predicted molar refractivity (Wildman–Crippen MR) is 22.6 cm³/mol. The molecule has 0 fully saturated rings. The second kappa shape index (κ2) is 3.25. The van der Waals surface area contributed by atoms with E-state index in [2.05, 4.69) is 4.74 Å². The molecule has 0 saturated carbocycles. The largest absolute Gasteiger partial charge is 0.434 e. The first kappa shape index (κ1) is 3.10. The van der Waals surface area contributed by atoms with Gasteiger partial charge in [0.2, 0.25) is 0 Å². The van der Waals surface area contributed by atoms with Crippen LogP contribution in [0.1, 0.15) is 2.74 Å². The Balaban J connectivity index is 3.55. The lowest BCUT2D eigenvalue weighted by Gasteiger charge is -1.90. The van der Waals surface area contributed by atoms with Gasteiger partial charge in [-0.15, -0.1) is 0 Å². The molecule has 0 spiro atoms. The molecule has 0 unspecified atom stereocenters. The number of carbonyl (C=O) groups excluding carboxylic acids is 1. The van der Waals surface area contributed by atoms with Crippen LogP contribution in [0.3, 0.4) is 0 Å². The van der Waals surface area contributed by atoms with E-state index in [1.165, 1.54) is 0 Å². The Bertz CT molecular complexity index is 98.7. The van der Waals surface area contributed by atoms with Crippen LogP contribution in [0.25, 0.3) is 0 Å². The summed E-state index contributed by atoms with van der Waals surface area (Å²) in [4.78, 5) is 7.29. The van der Waals surface area contributed by atoms with Crippen molar-refractivity contribution in [3.8, 4) is 0 Å². The zero-order valence-corrected chi connectivity index (χ0v) is 4.08. The van der Waals surface area contributed by atoms with Crippen LogP contribution in [-0.2, 0) is 9.53 Å². The number of carbonyl (C=O) groups is 1. The van der Waals surface area contributed by atoms with Gasteiger partial charge < -0.3 is 4.74 Å². The van der Waals surface area contributed by atoms with Crippen molar-refractivity contribution in [2.75, 3.05) is 0 Å². The lowest BCUT2D eigenvalue weighted by atomic mass is 11.5. The lowest BCUT2D eigenvalue weighted by Crippen LogP contribution is -1.90. The zero-order chi connectivity index (χ0) is 6.78. The quantitative estimate of drug-likeness (QED) is 0.390. The molecule has 0 aromatic carbocycles. The van der Waals surface area contributed by atoms with E-state index in [0.717, 1.165) is 0 Å². The summed E-state index contributed by atoms with van der Waals surface area (Å²) in [5.41, 5.74) is 0. The van der Waals surface area contributed by atoms with Crippen LogP contribution < -0.4 is 0 Å². The molecule has 0 aromatic heterocycles. The number of halogens is 2. The first-order chi connectivity index (χ1) is 3.42. The summed E-state index contributed by atoms with van der Waals surface area (Å²) < 4.78 is 16.2.